The molecular weight excluding hydrogens is 503 g/mol. The molecule has 0 bridgehead atoms. The molecule has 4 rings (SSSR count). The van der Waals surface area contributed by atoms with Crippen molar-refractivity contribution in [2.45, 2.75) is 24.5 Å². The molecule has 2 N–H and O–H groups in total. The summed E-state index contributed by atoms with van der Waals surface area (Å²) < 4.78 is 11.2. The number of carbonyl (C=O) groups is 1. The maximum absolute atomic E-state index is 12.4. The molecule has 36 heavy (non-hydrogen) atoms. The molecule has 0 spiro atoms. The molecule has 9 heteroatoms. The van der Waals surface area contributed by atoms with Gasteiger partial charge >= 0.3 is 0 Å². The minimum atomic E-state index is -1.04. The molecular formula is C27H32Cl2N2O5. The fourth-order valence-electron chi connectivity index (χ4n) is 4.57. The fraction of sp³-hybridized carbons (Fsp3) is 0.444. The Hall–Kier alpha value is -2.13. The number of carbonyl (C=O) groups excluding carboxylic acids is 1. The minimum absolute atomic E-state index is 0.0581. The number of amides is 1. The van der Waals surface area contributed by atoms with Crippen molar-refractivity contribution in [3.8, 4) is 5.75 Å². The molecule has 2 fully saturated rings. The van der Waals surface area contributed by atoms with Crippen LogP contribution in [0, 0.1) is 0 Å². The van der Waals surface area contributed by atoms with Gasteiger partial charge in [-0.25, -0.2) is 0 Å². The van der Waals surface area contributed by atoms with Crippen LogP contribution in [0.2, 0.25) is 10.0 Å². The predicted molar refractivity (Wildman–Crippen MR) is 140 cm³/mol. The Morgan fingerprint density at radius 3 is 2.56 bits per heavy atom. The van der Waals surface area contributed by atoms with E-state index in [0.717, 1.165) is 5.56 Å². The first-order chi connectivity index (χ1) is 17.4. The molecule has 2 aromatic rings. The molecule has 7 nitrogen and oxygen atoms in total. The zero-order valence-electron chi connectivity index (χ0n) is 20.1. The van der Waals surface area contributed by atoms with E-state index in [1.807, 2.05) is 30.3 Å². The summed E-state index contributed by atoms with van der Waals surface area (Å²) >= 11 is 12.5. The van der Waals surface area contributed by atoms with Crippen molar-refractivity contribution in [3.05, 3.63) is 69.7 Å². The van der Waals surface area contributed by atoms with Crippen molar-refractivity contribution in [2.75, 3.05) is 52.5 Å². The van der Waals surface area contributed by atoms with Crippen LogP contribution in [-0.4, -0.2) is 84.6 Å². The summed E-state index contributed by atoms with van der Waals surface area (Å²) in [5.41, 5.74) is 0.383. The van der Waals surface area contributed by atoms with Gasteiger partial charge in [0.15, 0.2) is 0 Å². The number of hydrogen-bond donors (Lipinski definition) is 2. The van der Waals surface area contributed by atoms with Crippen LogP contribution in [0.15, 0.2) is 48.5 Å². The highest BCUT2D eigenvalue weighted by Gasteiger charge is 2.36. The summed E-state index contributed by atoms with van der Waals surface area (Å²) in [7, 11) is 0. The predicted octanol–water partition coefficient (Wildman–Crippen LogP) is 3.59. The molecule has 1 amide bonds. The van der Waals surface area contributed by atoms with Crippen LogP contribution in [0.1, 0.15) is 24.0 Å². The number of hydrogen-bond acceptors (Lipinski definition) is 6. The van der Waals surface area contributed by atoms with E-state index in [4.69, 9.17) is 32.7 Å². The number of morpholine rings is 1. The maximum atomic E-state index is 12.4. The van der Waals surface area contributed by atoms with E-state index in [1.165, 1.54) is 0 Å². The zero-order valence-corrected chi connectivity index (χ0v) is 21.6. The topological polar surface area (TPSA) is 82.5 Å². The summed E-state index contributed by atoms with van der Waals surface area (Å²) in [5, 5.41) is 22.6. The molecule has 2 aromatic carbocycles. The zero-order chi connectivity index (χ0) is 25.5. The molecule has 194 valence electrons. The quantitative estimate of drug-likeness (QED) is 0.503. The first kappa shape index (κ1) is 26.9. The Labute approximate surface area is 221 Å². The molecule has 2 heterocycles. The summed E-state index contributed by atoms with van der Waals surface area (Å²) in [6.45, 7) is 4.06. The Morgan fingerprint density at radius 2 is 1.81 bits per heavy atom. The van der Waals surface area contributed by atoms with Crippen LogP contribution in [0.5, 0.6) is 5.75 Å². The lowest BCUT2D eigenvalue weighted by molar-refractivity contribution is -0.129. The molecule has 0 saturated carbocycles. The number of para-hydroxylation sites is 1. The lowest BCUT2D eigenvalue weighted by Crippen LogP contribution is -2.46. The molecule has 1 atom stereocenters. The van der Waals surface area contributed by atoms with E-state index < -0.39 is 11.7 Å². The standard InChI is InChI=1S/C27H32Cl2N2O5/c28-23-6-3-5-22(26(23)29)27(34)10-12-30(13-11-27)18-21(32)19-36-24-7-2-1-4-20(24)8-9-25(33)31-14-16-35-17-15-31/h1-9,21,32,34H,10-19H2. The van der Waals surface area contributed by atoms with Crippen molar-refractivity contribution >= 4 is 35.2 Å². The van der Waals surface area contributed by atoms with E-state index in [9.17, 15) is 15.0 Å². The van der Waals surface area contributed by atoms with Crippen LogP contribution >= 0.6 is 23.2 Å². The van der Waals surface area contributed by atoms with E-state index in [1.54, 1.807) is 29.2 Å². The van der Waals surface area contributed by atoms with Crippen LogP contribution in [0.25, 0.3) is 6.08 Å². The third-order valence-corrected chi connectivity index (χ3v) is 7.50. The number of nitrogens with zero attached hydrogens (tertiary/aromatic N) is 2. The highest BCUT2D eigenvalue weighted by molar-refractivity contribution is 6.42. The Bertz CT molecular complexity index is 1070. The van der Waals surface area contributed by atoms with Gasteiger partial charge in [-0.15, -0.1) is 0 Å². The Balaban J connectivity index is 1.27. The van der Waals surface area contributed by atoms with E-state index in [-0.39, 0.29) is 12.5 Å². The summed E-state index contributed by atoms with van der Waals surface area (Å²) in [5.74, 6) is 0.545. The number of β-amino-alcohol motifs (C(OH)–C–C–N with tert-alkyl or cyclic N) is 1. The van der Waals surface area contributed by atoms with Gasteiger partial charge in [0.25, 0.3) is 0 Å². The normalized spacial score (nSPS) is 19.4. The van der Waals surface area contributed by atoms with Crippen molar-refractivity contribution in [2.24, 2.45) is 0 Å². The number of aliphatic hydroxyl groups is 2. The van der Waals surface area contributed by atoms with Gasteiger partial charge in [-0.3, -0.25) is 4.79 Å². The Kier molecular flexibility index (Phi) is 9.28. The third-order valence-electron chi connectivity index (χ3n) is 6.68. The van der Waals surface area contributed by atoms with E-state index in [2.05, 4.69) is 4.90 Å². The second-order valence-electron chi connectivity index (χ2n) is 9.21. The van der Waals surface area contributed by atoms with E-state index >= 15 is 0 Å². The molecule has 0 aromatic heterocycles. The van der Waals surface area contributed by atoms with Crippen LogP contribution in [0.3, 0.4) is 0 Å². The molecule has 2 aliphatic heterocycles. The summed E-state index contributed by atoms with van der Waals surface area (Å²) in [6, 6.07) is 12.7. The van der Waals surface area contributed by atoms with Crippen molar-refractivity contribution in [3.63, 3.8) is 0 Å². The second kappa shape index (κ2) is 12.4. The van der Waals surface area contributed by atoms with Gasteiger partial charge in [0.05, 0.1) is 28.9 Å². The summed E-state index contributed by atoms with van der Waals surface area (Å²) in [6.07, 6.45) is 3.56. The smallest absolute Gasteiger partial charge is 0.246 e. The number of benzene rings is 2. The van der Waals surface area contributed by atoms with Gasteiger partial charge in [0.1, 0.15) is 18.5 Å². The number of piperidine rings is 1. The van der Waals surface area contributed by atoms with Crippen LogP contribution in [0.4, 0.5) is 0 Å². The van der Waals surface area contributed by atoms with Gasteiger partial charge in [0.2, 0.25) is 5.91 Å². The fourth-order valence-corrected chi connectivity index (χ4v) is 5.05. The van der Waals surface area contributed by atoms with Crippen molar-refractivity contribution < 1.29 is 24.5 Å². The lowest BCUT2D eigenvalue weighted by Gasteiger charge is -2.39. The van der Waals surface area contributed by atoms with Crippen molar-refractivity contribution in [1.29, 1.82) is 0 Å². The molecule has 0 radical (unpaired) electrons. The number of ether oxygens (including phenoxy) is 2. The van der Waals surface area contributed by atoms with Crippen LogP contribution < -0.4 is 4.74 Å². The monoisotopic (exact) mass is 534 g/mol. The maximum Gasteiger partial charge on any atom is 0.246 e. The highest BCUT2D eigenvalue weighted by Crippen LogP contribution is 2.39. The number of rotatable bonds is 8. The molecule has 0 aliphatic carbocycles. The van der Waals surface area contributed by atoms with E-state index in [0.29, 0.717) is 80.1 Å². The number of likely N-dealkylation sites (tertiary alicyclic amines) is 1. The number of aliphatic hydroxyl groups excluding tert-OH is 1. The average Bonchev–Trinajstić information content (AvgIpc) is 2.90. The summed E-state index contributed by atoms with van der Waals surface area (Å²) in [4.78, 5) is 16.3. The Morgan fingerprint density at radius 1 is 1.08 bits per heavy atom. The molecule has 1 unspecified atom stereocenters. The third kappa shape index (κ3) is 6.79. The number of halogens is 2. The minimum Gasteiger partial charge on any atom is -0.490 e. The van der Waals surface area contributed by atoms with Crippen molar-refractivity contribution in [1.82, 2.24) is 9.80 Å². The largest absolute Gasteiger partial charge is 0.490 e. The van der Waals surface area contributed by atoms with Gasteiger partial charge in [0, 0.05) is 49.9 Å². The SMILES string of the molecule is O=C(C=Cc1ccccc1OCC(O)CN1CCC(O)(c2cccc(Cl)c2Cl)CC1)N1CCOCC1. The average molecular weight is 535 g/mol. The lowest BCUT2D eigenvalue weighted by atomic mass is 9.84. The second-order valence-corrected chi connectivity index (χ2v) is 9.99. The first-order valence-electron chi connectivity index (χ1n) is 12.2. The van der Waals surface area contributed by atoms with Gasteiger partial charge in [-0.1, -0.05) is 53.5 Å². The van der Waals surface area contributed by atoms with Gasteiger partial charge in [-0.05, 0) is 31.1 Å². The molecule has 2 aliphatic rings. The first-order valence-corrected chi connectivity index (χ1v) is 13.0. The highest BCUT2D eigenvalue weighted by atomic mass is 35.5. The van der Waals surface area contributed by atoms with Gasteiger partial charge in [-0.2, -0.15) is 0 Å². The van der Waals surface area contributed by atoms with Gasteiger partial charge < -0.3 is 29.5 Å². The van der Waals surface area contributed by atoms with Crippen LogP contribution in [-0.2, 0) is 15.1 Å². The molecule has 2 saturated heterocycles.